The number of thiazole rings is 1. The Hall–Kier alpha value is -3.34. The highest BCUT2D eigenvalue weighted by Crippen LogP contribution is 2.34. The number of hydrogen-bond donors (Lipinski definition) is 1. The summed E-state index contributed by atoms with van der Waals surface area (Å²) < 4.78 is 52.2. The predicted molar refractivity (Wildman–Crippen MR) is 95.9 cm³/mol. The number of nitrogens with one attached hydrogen (secondary N) is 1. The third-order valence-electron chi connectivity index (χ3n) is 3.58. The van der Waals surface area contributed by atoms with Gasteiger partial charge in [-0.15, -0.1) is 18.3 Å². The summed E-state index contributed by atoms with van der Waals surface area (Å²) in [5.74, 6) is 0.450. The zero-order valence-electron chi connectivity index (χ0n) is 14.1. The molecule has 0 aliphatic carbocycles. The molecule has 144 valence electrons. The summed E-state index contributed by atoms with van der Waals surface area (Å²) in [5.41, 5.74) is 1.15. The van der Waals surface area contributed by atoms with Crippen molar-refractivity contribution in [3.8, 4) is 23.0 Å². The first kappa shape index (κ1) is 18.0. The molecule has 2 aromatic heterocycles. The molecule has 0 fully saturated rings. The van der Waals surface area contributed by atoms with Gasteiger partial charge in [-0.05, 0) is 36.4 Å². The summed E-state index contributed by atoms with van der Waals surface area (Å²) in [7, 11) is 1.57. The van der Waals surface area contributed by atoms with Gasteiger partial charge in [0.2, 0.25) is 5.89 Å². The van der Waals surface area contributed by atoms with Gasteiger partial charge in [-0.1, -0.05) is 22.5 Å². The van der Waals surface area contributed by atoms with E-state index in [0.29, 0.717) is 22.0 Å². The largest absolute Gasteiger partial charge is 0.573 e. The van der Waals surface area contributed by atoms with Crippen LogP contribution in [0.2, 0.25) is 0 Å². The number of rotatable bonds is 5. The molecule has 0 unspecified atom stereocenters. The molecule has 7 nitrogen and oxygen atoms in total. The number of anilines is 2. The summed E-state index contributed by atoms with van der Waals surface area (Å²) in [5, 5.41) is 11.2. The number of ether oxygens (including phenoxy) is 2. The molecule has 0 atom stereocenters. The van der Waals surface area contributed by atoms with Crippen molar-refractivity contribution >= 4 is 32.7 Å². The van der Waals surface area contributed by atoms with E-state index < -0.39 is 6.36 Å². The lowest BCUT2D eigenvalue weighted by Gasteiger charge is -2.08. The van der Waals surface area contributed by atoms with Gasteiger partial charge in [0.1, 0.15) is 17.0 Å². The Kier molecular flexibility index (Phi) is 4.51. The number of aromatic nitrogens is 3. The van der Waals surface area contributed by atoms with E-state index in [-0.39, 0.29) is 17.7 Å². The number of nitrogens with zero attached hydrogens (tertiary/aromatic N) is 3. The van der Waals surface area contributed by atoms with Crippen LogP contribution in [0.25, 0.3) is 21.7 Å². The highest BCUT2D eigenvalue weighted by atomic mass is 32.1. The van der Waals surface area contributed by atoms with E-state index in [9.17, 15) is 13.2 Å². The average Bonchev–Trinajstić information content (AvgIpc) is 3.27. The second-order valence-electron chi connectivity index (χ2n) is 5.44. The lowest BCUT2D eigenvalue weighted by atomic mass is 10.2. The maximum Gasteiger partial charge on any atom is 0.573 e. The molecule has 0 spiro atoms. The molecule has 0 aliphatic rings. The SMILES string of the molecule is COc1cccc2sc(Nc3nnc(-c4ccc(OC(F)(F)F)cc4)o3)nc12. The van der Waals surface area contributed by atoms with E-state index in [0.717, 1.165) is 4.70 Å². The van der Waals surface area contributed by atoms with Gasteiger partial charge in [0.15, 0.2) is 5.13 Å². The Morgan fingerprint density at radius 2 is 1.86 bits per heavy atom. The third-order valence-corrected chi connectivity index (χ3v) is 4.51. The van der Waals surface area contributed by atoms with Crippen LogP contribution in [-0.2, 0) is 0 Å². The predicted octanol–water partition coefficient (Wildman–Crippen LogP) is 5.00. The zero-order chi connectivity index (χ0) is 19.7. The molecular formula is C17H11F3N4O3S. The Labute approximate surface area is 159 Å². The molecule has 1 N–H and O–H groups in total. The molecule has 2 aromatic carbocycles. The Morgan fingerprint density at radius 3 is 2.57 bits per heavy atom. The van der Waals surface area contributed by atoms with Crippen LogP contribution < -0.4 is 14.8 Å². The first-order chi connectivity index (χ1) is 13.4. The maximum atomic E-state index is 12.2. The first-order valence-corrected chi connectivity index (χ1v) is 8.63. The van der Waals surface area contributed by atoms with Crippen molar-refractivity contribution in [1.29, 1.82) is 0 Å². The molecule has 4 rings (SSSR count). The first-order valence-electron chi connectivity index (χ1n) is 7.81. The van der Waals surface area contributed by atoms with Crippen molar-refractivity contribution < 1.29 is 27.1 Å². The van der Waals surface area contributed by atoms with Crippen LogP contribution in [0.15, 0.2) is 46.9 Å². The molecule has 0 saturated heterocycles. The normalized spacial score (nSPS) is 11.6. The van der Waals surface area contributed by atoms with Crippen molar-refractivity contribution in [2.24, 2.45) is 0 Å². The summed E-state index contributed by atoms with van der Waals surface area (Å²) >= 11 is 1.38. The Balaban J connectivity index is 1.52. The van der Waals surface area contributed by atoms with Crippen molar-refractivity contribution in [3.05, 3.63) is 42.5 Å². The molecule has 2 heterocycles. The second kappa shape index (κ2) is 7.00. The Morgan fingerprint density at radius 1 is 1.07 bits per heavy atom. The number of fused-ring (bicyclic) bond motifs is 1. The van der Waals surface area contributed by atoms with Crippen molar-refractivity contribution in [2.75, 3.05) is 12.4 Å². The van der Waals surface area contributed by atoms with Gasteiger partial charge in [-0.25, -0.2) is 4.98 Å². The van der Waals surface area contributed by atoms with Gasteiger partial charge < -0.3 is 13.9 Å². The molecule has 0 amide bonds. The summed E-state index contributed by atoms with van der Waals surface area (Å²) in [4.78, 5) is 4.44. The minimum Gasteiger partial charge on any atom is -0.494 e. The molecule has 0 aliphatic heterocycles. The molecule has 28 heavy (non-hydrogen) atoms. The number of methoxy groups -OCH3 is 1. The summed E-state index contributed by atoms with van der Waals surface area (Å²) in [6.07, 6.45) is -4.75. The minimum absolute atomic E-state index is 0.101. The lowest BCUT2D eigenvalue weighted by molar-refractivity contribution is -0.274. The van der Waals surface area contributed by atoms with Gasteiger partial charge >= 0.3 is 12.4 Å². The molecule has 4 aromatic rings. The van der Waals surface area contributed by atoms with Crippen LogP contribution >= 0.6 is 11.3 Å². The topological polar surface area (TPSA) is 82.3 Å². The monoisotopic (exact) mass is 408 g/mol. The van der Waals surface area contributed by atoms with E-state index >= 15 is 0 Å². The smallest absolute Gasteiger partial charge is 0.494 e. The minimum atomic E-state index is -4.75. The Bertz CT molecular complexity index is 1110. The van der Waals surface area contributed by atoms with Gasteiger partial charge in [0.25, 0.3) is 0 Å². The fourth-order valence-electron chi connectivity index (χ4n) is 2.42. The number of halogens is 3. The molecule has 0 bridgehead atoms. The highest BCUT2D eigenvalue weighted by molar-refractivity contribution is 7.22. The van der Waals surface area contributed by atoms with Gasteiger partial charge in [-0.3, -0.25) is 5.32 Å². The van der Waals surface area contributed by atoms with Gasteiger partial charge in [0.05, 0.1) is 11.8 Å². The van der Waals surface area contributed by atoms with Crippen LogP contribution in [0, 0.1) is 0 Å². The van der Waals surface area contributed by atoms with Crippen LogP contribution in [-0.4, -0.2) is 28.7 Å². The molecular weight excluding hydrogens is 397 g/mol. The van der Waals surface area contributed by atoms with Crippen LogP contribution in [0.1, 0.15) is 0 Å². The van der Waals surface area contributed by atoms with E-state index in [1.165, 1.54) is 35.6 Å². The summed E-state index contributed by atoms with van der Waals surface area (Å²) in [6, 6.07) is 10.8. The van der Waals surface area contributed by atoms with E-state index in [4.69, 9.17) is 9.15 Å². The van der Waals surface area contributed by atoms with Crippen molar-refractivity contribution in [2.45, 2.75) is 6.36 Å². The fraction of sp³-hybridized carbons (Fsp3) is 0.118. The van der Waals surface area contributed by atoms with Gasteiger partial charge in [-0.2, -0.15) is 0 Å². The number of para-hydroxylation sites is 1. The highest BCUT2D eigenvalue weighted by Gasteiger charge is 2.31. The number of alkyl halides is 3. The average molecular weight is 408 g/mol. The lowest BCUT2D eigenvalue weighted by Crippen LogP contribution is -2.16. The van der Waals surface area contributed by atoms with Crippen molar-refractivity contribution in [1.82, 2.24) is 15.2 Å². The molecule has 0 radical (unpaired) electrons. The number of hydrogen-bond acceptors (Lipinski definition) is 8. The van der Waals surface area contributed by atoms with Crippen LogP contribution in [0.3, 0.4) is 0 Å². The quantitative estimate of drug-likeness (QED) is 0.498. The van der Waals surface area contributed by atoms with E-state index in [2.05, 4.69) is 25.2 Å². The van der Waals surface area contributed by atoms with Gasteiger partial charge in [0, 0.05) is 5.56 Å². The maximum absolute atomic E-state index is 12.2. The fourth-order valence-corrected chi connectivity index (χ4v) is 3.30. The third kappa shape index (κ3) is 3.83. The standard InChI is InChI=1S/C17H11F3N4O3S/c1-25-11-3-2-4-12-13(11)21-16(28-12)22-15-24-23-14(26-15)9-5-7-10(8-6-9)27-17(18,19)20/h2-8H,1H3,(H,21,22,24). The van der Waals surface area contributed by atoms with Crippen LogP contribution in [0.5, 0.6) is 11.5 Å². The zero-order valence-corrected chi connectivity index (χ0v) is 15.0. The summed E-state index contributed by atoms with van der Waals surface area (Å²) in [6.45, 7) is 0. The second-order valence-corrected chi connectivity index (χ2v) is 6.47. The van der Waals surface area contributed by atoms with E-state index in [1.54, 1.807) is 7.11 Å². The number of benzene rings is 2. The van der Waals surface area contributed by atoms with Crippen LogP contribution in [0.4, 0.5) is 24.3 Å². The molecule has 0 saturated carbocycles. The van der Waals surface area contributed by atoms with Crippen molar-refractivity contribution in [3.63, 3.8) is 0 Å². The molecule has 11 heteroatoms. The van der Waals surface area contributed by atoms with E-state index in [1.807, 2.05) is 18.2 Å².